The normalized spacial score (nSPS) is 11.4. The number of rotatable bonds is 7. The van der Waals surface area contributed by atoms with E-state index in [1.54, 1.807) is 35.2 Å². The molecule has 26 heavy (non-hydrogen) atoms. The molecule has 0 heterocycles. The Morgan fingerprint density at radius 2 is 1.81 bits per heavy atom. The van der Waals surface area contributed by atoms with Gasteiger partial charge in [-0.25, -0.2) is 4.39 Å². The average Bonchev–Trinajstić information content (AvgIpc) is 2.60. The highest BCUT2D eigenvalue weighted by Crippen LogP contribution is 2.18. The summed E-state index contributed by atoms with van der Waals surface area (Å²) in [5, 5.41) is 0. The summed E-state index contributed by atoms with van der Waals surface area (Å²) in [6.45, 7) is 5.57. The van der Waals surface area contributed by atoms with Crippen LogP contribution in [0.2, 0.25) is 0 Å². The number of benzene rings is 2. The van der Waals surface area contributed by atoms with Gasteiger partial charge in [-0.05, 0) is 56.7 Å². The Kier molecular flexibility index (Phi) is 6.37. The minimum atomic E-state index is -3.58. The molecule has 0 fully saturated rings. The summed E-state index contributed by atoms with van der Waals surface area (Å²) in [6.07, 6.45) is 0. The lowest BCUT2D eigenvalue weighted by Gasteiger charge is -2.27. The van der Waals surface area contributed by atoms with Crippen molar-refractivity contribution in [2.45, 2.75) is 33.4 Å². The zero-order valence-electron chi connectivity index (χ0n) is 15.0. The second-order valence-corrected chi connectivity index (χ2v) is 7.97. The van der Waals surface area contributed by atoms with E-state index in [1.165, 1.54) is 25.1 Å². The smallest absolute Gasteiger partial charge is 0.308 e. The van der Waals surface area contributed by atoms with Gasteiger partial charge in [0.25, 0.3) is 5.91 Å². The Morgan fingerprint density at radius 3 is 2.35 bits per heavy atom. The molecular formula is C19H22FNO4S. The molecule has 0 atom stereocenters. The number of nitrogens with zero attached hydrogens (tertiary/aromatic N) is 1. The van der Waals surface area contributed by atoms with Gasteiger partial charge in [-0.3, -0.25) is 4.79 Å². The summed E-state index contributed by atoms with van der Waals surface area (Å²) >= 11 is 0. The van der Waals surface area contributed by atoms with Crippen LogP contribution >= 0.6 is 0 Å². The second-order valence-electron chi connectivity index (χ2n) is 6.11. The van der Waals surface area contributed by atoms with Gasteiger partial charge in [-0.1, -0.05) is 18.2 Å². The molecule has 0 saturated carbocycles. The van der Waals surface area contributed by atoms with E-state index < -0.39 is 15.9 Å². The van der Waals surface area contributed by atoms with Crippen molar-refractivity contribution < 1.29 is 21.8 Å². The lowest BCUT2D eigenvalue weighted by molar-refractivity contribution is 0.0690. The van der Waals surface area contributed by atoms with Crippen molar-refractivity contribution in [3.05, 3.63) is 65.5 Å². The van der Waals surface area contributed by atoms with Gasteiger partial charge >= 0.3 is 10.1 Å². The van der Waals surface area contributed by atoms with Crippen LogP contribution in [0.4, 0.5) is 4.39 Å². The predicted molar refractivity (Wildman–Crippen MR) is 97.9 cm³/mol. The van der Waals surface area contributed by atoms with E-state index in [4.69, 9.17) is 4.18 Å². The van der Waals surface area contributed by atoms with Crippen LogP contribution in [-0.4, -0.2) is 31.0 Å². The maximum Gasteiger partial charge on any atom is 0.308 e. The summed E-state index contributed by atoms with van der Waals surface area (Å²) in [6, 6.07) is 12.0. The molecule has 0 bridgehead atoms. The Balaban J connectivity index is 2.16. The number of hydrogen-bond acceptors (Lipinski definition) is 4. The van der Waals surface area contributed by atoms with Crippen LogP contribution < -0.4 is 4.18 Å². The van der Waals surface area contributed by atoms with E-state index in [0.717, 1.165) is 5.56 Å². The van der Waals surface area contributed by atoms with Crippen LogP contribution in [-0.2, 0) is 16.7 Å². The van der Waals surface area contributed by atoms with E-state index in [1.807, 2.05) is 13.8 Å². The standard InChI is InChI=1S/C19H22FNO4S/c1-4-26(23,24)25-18-10-8-15(9-11-18)13-21(14(2)3)19(22)16-6-5-7-17(20)12-16/h5-12,14H,4,13H2,1-3H3. The largest absolute Gasteiger partial charge is 0.382 e. The van der Waals surface area contributed by atoms with Crippen LogP contribution in [0.1, 0.15) is 36.7 Å². The lowest BCUT2D eigenvalue weighted by atomic mass is 10.1. The van der Waals surface area contributed by atoms with E-state index >= 15 is 0 Å². The molecule has 2 aromatic carbocycles. The summed E-state index contributed by atoms with van der Waals surface area (Å²) in [4.78, 5) is 14.3. The minimum Gasteiger partial charge on any atom is -0.382 e. The quantitative estimate of drug-likeness (QED) is 0.690. The van der Waals surface area contributed by atoms with Crippen molar-refractivity contribution >= 4 is 16.0 Å². The number of carbonyl (C=O) groups excluding carboxylic acids is 1. The van der Waals surface area contributed by atoms with Gasteiger partial charge in [0.1, 0.15) is 11.6 Å². The highest BCUT2D eigenvalue weighted by Gasteiger charge is 2.19. The van der Waals surface area contributed by atoms with Crippen LogP contribution in [0.5, 0.6) is 5.75 Å². The first-order chi connectivity index (χ1) is 12.2. The van der Waals surface area contributed by atoms with Gasteiger partial charge in [-0.2, -0.15) is 8.42 Å². The van der Waals surface area contributed by atoms with Crippen molar-refractivity contribution in [3.63, 3.8) is 0 Å². The van der Waals surface area contributed by atoms with Crippen molar-refractivity contribution in [2.24, 2.45) is 0 Å². The Labute approximate surface area is 153 Å². The SMILES string of the molecule is CCS(=O)(=O)Oc1ccc(CN(C(=O)c2cccc(F)c2)C(C)C)cc1. The molecule has 0 N–H and O–H groups in total. The van der Waals surface area contributed by atoms with Crippen LogP contribution in [0, 0.1) is 5.82 Å². The van der Waals surface area contributed by atoms with Gasteiger partial charge in [0.15, 0.2) is 0 Å². The van der Waals surface area contributed by atoms with Gasteiger partial charge in [0, 0.05) is 18.2 Å². The topological polar surface area (TPSA) is 63.7 Å². The first kappa shape index (κ1) is 19.9. The first-order valence-electron chi connectivity index (χ1n) is 8.29. The number of hydrogen-bond donors (Lipinski definition) is 0. The molecule has 0 radical (unpaired) electrons. The molecule has 2 rings (SSSR count). The van der Waals surface area contributed by atoms with Crippen molar-refractivity contribution in [1.29, 1.82) is 0 Å². The maximum atomic E-state index is 13.4. The van der Waals surface area contributed by atoms with E-state index in [9.17, 15) is 17.6 Å². The fraction of sp³-hybridized carbons (Fsp3) is 0.316. The number of carbonyl (C=O) groups is 1. The van der Waals surface area contributed by atoms with Gasteiger partial charge in [0.2, 0.25) is 0 Å². The summed E-state index contributed by atoms with van der Waals surface area (Å²) in [5.74, 6) is -0.618. The van der Waals surface area contributed by atoms with Gasteiger partial charge in [-0.15, -0.1) is 0 Å². The third-order valence-electron chi connectivity index (χ3n) is 3.81. The molecule has 5 nitrogen and oxygen atoms in total. The maximum absolute atomic E-state index is 13.4. The minimum absolute atomic E-state index is 0.0952. The molecule has 0 aromatic heterocycles. The third-order valence-corrected chi connectivity index (χ3v) is 4.96. The second kappa shape index (κ2) is 8.31. The van der Waals surface area contributed by atoms with E-state index in [2.05, 4.69) is 0 Å². The highest BCUT2D eigenvalue weighted by molar-refractivity contribution is 7.87. The molecular weight excluding hydrogens is 357 g/mol. The molecule has 140 valence electrons. The first-order valence-corrected chi connectivity index (χ1v) is 9.87. The lowest BCUT2D eigenvalue weighted by Crippen LogP contribution is -2.36. The molecule has 1 amide bonds. The molecule has 0 unspecified atom stereocenters. The Hall–Kier alpha value is -2.41. The van der Waals surface area contributed by atoms with E-state index in [-0.39, 0.29) is 29.0 Å². The highest BCUT2D eigenvalue weighted by atomic mass is 32.2. The predicted octanol–water partition coefficient (Wildman–Crippen LogP) is 3.61. The third kappa shape index (κ3) is 5.29. The summed E-state index contributed by atoms with van der Waals surface area (Å²) in [7, 11) is -3.58. The summed E-state index contributed by atoms with van der Waals surface area (Å²) in [5.41, 5.74) is 1.09. The molecule has 0 aliphatic carbocycles. The van der Waals surface area contributed by atoms with Crippen LogP contribution in [0.25, 0.3) is 0 Å². The van der Waals surface area contributed by atoms with Gasteiger partial charge in [0.05, 0.1) is 5.75 Å². The summed E-state index contributed by atoms with van der Waals surface area (Å²) < 4.78 is 41.3. The van der Waals surface area contributed by atoms with Crippen LogP contribution in [0.3, 0.4) is 0 Å². The number of amides is 1. The Bertz CT molecular complexity index is 863. The zero-order chi connectivity index (χ0) is 19.3. The molecule has 0 aliphatic rings. The Morgan fingerprint density at radius 1 is 1.15 bits per heavy atom. The van der Waals surface area contributed by atoms with E-state index in [0.29, 0.717) is 6.54 Å². The molecule has 0 aliphatic heterocycles. The molecule has 7 heteroatoms. The van der Waals surface area contributed by atoms with Crippen molar-refractivity contribution in [3.8, 4) is 5.75 Å². The van der Waals surface area contributed by atoms with Gasteiger partial charge < -0.3 is 9.08 Å². The number of halogens is 1. The van der Waals surface area contributed by atoms with Crippen molar-refractivity contribution in [2.75, 3.05) is 5.75 Å². The van der Waals surface area contributed by atoms with Crippen LogP contribution in [0.15, 0.2) is 48.5 Å². The zero-order valence-corrected chi connectivity index (χ0v) is 15.8. The fourth-order valence-corrected chi connectivity index (χ4v) is 2.85. The monoisotopic (exact) mass is 379 g/mol. The molecule has 0 spiro atoms. The molecule has 0 saturated heterocycles. The average molecular weight is 379 g/mol. The molecule has 2 aromatic rings. The van der Waals surface area contributed by atoms with Crippen molar-refractivity contribution in [1.82, 2.24) is 4.90 Å². The fourth-order valence-electron chi connectivity index (χ4n) is 2.33.